The van der Waals surface area contributed by atoms with Gasteiger partial charge < -0.3 is 10.2 Å². The molecule has 1 rings (SSSR count). The molecule has 1 saturated heterocycles. The van der Waals surface area contributed by atoms with E-state index in [4.69, 9.17) is 5.11 Å². The van der Waals surface area contributed by atoms with E-state index in [1.54, 1.807) is 0 Å². The maximum atomic E-state index is 11.1. The number of hydrogen-bond acceptors (Lipinski definition) is 5. The highest BCUT2D eigenvalue weighted by atomic mass is 32.2. The Morgan fingerprint density at radius 2 is 1.80 bits per heavy atom. The van der Waals surface area contributed by atoms with Gasteiger partial charge in [-0.2, -0.15) is 0 Å². The first-order valence-corrected chi connectivity index (χ1v) is 6.51. The fourth-order valence-corrected chi connectivity index (χ4v) is 2.90. The van der Waals surface area contributed by atoms with Crippen LogP contribution in [0.1, 0.15) is 6.92 Å². The summed E-state index contributed by atoms with van der Waals surface area (Å²) in [4.78, 5) is 12.3. The lowest BCUT2D eigenvalue weighted by Gasteiger charge is -2.33. The number of carboxylic acid groups (broad SMARTS) is 1. The molecule has 0 spiro atoms. The number of rotatable bonds is 3. The van der Waals surface area contributed by atoms with E-state index in [1.165, 1.54) is 11.8 Å². The molecular weight excluding hydrogens is 222 g/mol. The summed E-state index contributed by atoms with van der Waals surface area (Å²) in [7, 11) is -3.02. The van der Waals surface area contributed by atoms with Gasteiger partial charge >= 0.3 is 5.97 Å². The smallest absolute Gasteiger partial charge is 0.323 e. The summed E-state index contributed by atoms with van der Waals surface area (Å²) >= 11 is 0. The van der Waals surface area contributed by atoms with Crippen LogP contribution in [0.4, 0.5) is 0 Å². The quantitative estimate of drug-likeness (QED) is 0.623. The Hall–Kier alpha value is -0.660. The number of hydrogen-bond donors (Lipinski definition) is 2. The highest BCUT2D eigenvalue weighted by Crippen LogP contribution is 2.11. The molecule has 0 radical (unpaired) electrons. The molecule has 0 aromatic heterocycles. The molecule has 0 aliphatic carbocycles. The molecule has 7 heteroatoms. The van der Waals surface area contributed by atoms with Gasteiger partial charge in [0.25, 0.3) is 0 Å². The van der Waals surface area contributed by atoms with Crippen LogP contribution in [0.25, 0.3) is 0 Å². The lowest BCUT2D eigenvalue weighted by Crippen LogP contribution is -2.53. The van der Waals surface area contributed by atoms with Crippen molar-refractivity contribution in [3.8, 4) is 0 Å². The van der Waals surface area contributed by atoms with Crippen LogP contribution in [0.5, 0.6) is 0 Å². The van der Waals surface area contributed by atoms with Crippen molar-refractivity contribution in [2.45, 2.75) is 19.1 Å². The van der Waals surface area contributed by atoms with Gasteiger partial charge in [-0.3, -0.25) is 9.69 Å². The molecule has 0 bridgehead atoms. The molecule has 0 aromatic carbocycles. The van der Waals surface area contributed by atoms with Crippen LogP contribution in [0.15, 0.2) is 0 Å². The summed E-state index contributed by atoms with van der Waals surface area (Å²) in [5.41, 5.74) is 0. The highest BCUT2D eigenvalue weighted by molar-refractivity contribution is 7.91. The summed E-state index contributed by atoms with van der Waals surface area (Å²) in [5.74, 6) is -1.20. The molecule has 6 nitrogen and oxygen atoms in total. The fraction of sp³-hybridized carbons (Fsp3) is 0.875. The van der Waals surface area contributed by atoms with E-state index in [0.29, 0.717) is 0 Å². The van der Waals surface area contributed by atoms with Crippen LogP contribution in [0.3, 0.4) is 0 Å². The van der Waals surface area contributed by atoms with Crippen molar-refractivity contribution < 1.29 is 23.4 Å². The average Bonchev–Trinajstić information content (AvgIpc) is 2.07. The van der Waals surface area contributed by atoms with Gasteiger partial charge in [-0.25, -0.2) is 8.42 Å². The predicted molar refractivity (Wildman–Crippen MR) is 53.3 cm³/mol. The maximum absolute atomic E-state index is 11.1. The van der Waals surface area contributed by atoms with Crippen LogP contribution in [-0.2, 0) is 14.6 Å². The third kappa shape index (κ3) is 3.15. The van der Waals surface area contributed by atoms with E-state index in [9.17, 15) is 18.3 Å². The minimum absolute atomic E-state index is 0.0382. The highest BCUT2D eigenvalue weighted by Gasteiger charge is 2.34. The molecule has 1 aliphatic heterocycles. The number of carboxylic acids is 1. The third-order valence-corrected chi connectivity index (χ3v) is 4.09. The van der Waals surface area contributed by atoms with Crippen molar-refractivity contribution >= 4 is 15.8 Å². The number of carbonyl (C=O) groups is 1. The van der Waals surface area contributed by atoms with Crippen LogP contribution >= 0.6 is 0 Å². The Labute approximate surface area is 88.4 Å². The van der Waals surface area contributed by atoms with Gasteiger partial charge in [-0.05, 0) is 6.92 Å². The summed E-state index contributed by atoms with van der Waals surface area (Å²) in [6, 6.07) is -1.01. The Morgan fingerprint density at radius 3 is 2.13 bits per heavy atom. The molecule has 15 heavy (non-hydrogen) atoms. The van der Waals surface area contributed by atoms with Crippen LogP contribution < -0.4 is 0 Å². The molecule has 88 valence electrons. The number of sulfone groups is 1. The van der Waals surface area contributed by atoms with E-state index >= 15 is 0 Å². The largest absolute Gasteiger partial charge is 0.480 e. The molecule has 1 aliphatic rings. The van der Waals surface area contributed by atoms with E-state index in [0.717, 1.165) is 0 Å². The number of aliphatic hydroxyl groups excluding tert-OH is 1. The van der Waals surface area contributed by atoms with E-state index in [1.807, 2.05) is 0 Å². The Kier molecular flexibility index (Phi) is 3.69. The summed E-state index contributed by atoms with van der Waals surface area (Å²) < 4.78 is 22.2. The van der Waals surface area contributed by atoms with Gasteiger partial charge in [0.1, 0.15) is 6.04 Å². The van der Waals surface area contributed by atoms with Gasteiger partial charge in [-0.1, -0.05) is 0 Å². The van der Waals surface area contributed by atoms with Gasteiger partial charge in [0.2, 0.25) is 0 Å². The van der Waals surface area contributed by atoms with E-state index in [2.05, 4.69) is 0 Å². The molecule has 1 fully saturated rings. The third-order valence-electron chi connectivity index (χ3n) is 2.48. The summed E-state index contributed by atoms with van der Waals surface area (Å²) in [6.07, 6.45) is -1.01. The van der Waals surface area contributed by atoms with Crippen molar-refractivity contribution in [3.05, 3.63) is 0 Å². The molecule has 2 unspecified atom stereocenters. The number of aliphatic carboxylic acids is 1. The zero-order chi connectivity index (χ0) is 11.6. The first-order chi connectivity index (χ1) is 6.83. The van der Waals surface area contributed by atoms with E-state index < -0.39 is 28.0 Å². The SMILES string of the molecule is CC(O)C(C(=O)O)N1CCS(=O)(=O)CC1. The second-order valence-corrected chi connectivity index (χ2v) is 6.02. The molecule has 1 heterocycles. The van der Waals surface area contributed by atoms with Gasteiger partial charge in [-0.15, -0.1) is 0 Å². The van der Waals surface area contributed by atoms with Crippen molar-refractivity contribution in [2.75, 3.05) is 24.6 Å². The first-order valence-electron chi connectivity index (χ1n) is 4.69. The lowest BCUT2D eigenvalue weighted by molar-refractivity contribution is -0.147. The Balaban J connectivity index is 2.69. The van der Waals surface area contributed by atoms with Gasteiger partial charge in [0.05, 0.1) is 17.6 Å². The van der Waals surface area contributed by atoms with Crippen molar-refractivity contribution in [1.82, 2.24) is 4.90 Å². The maximum Gasteiger partial charge on any atom is 0.323 e. The molecule has 0 aromatic rings. The molecule has 0 saturated carbocycles. The lowest BCUT2D eigenvalue weighted by atomic mass is 10.1. The fourth-order valence-electron chi connectivity index (χ4n) is 1.67. The van der Waals surface area contributed by atoms with Crippen LogP contribution in [0.2, 0.25) is 0 Å². The monoisotopic (exact) mass is 237 g/mol. The molecular formula is C8H15NO5S. The topological polar surface area (TPSA) is 94.9 Å². The normalized spacial score (nSPS) is 25.7. The zero-order valence-electron chi connectivity index (χ0n) is 8.46. The average molecular weight is 237 g/mol. The minimum atomic E-state index is -3.02. The predicted octanol–water partition coefficient (Wildman–Crippen LogP) is -1.45. The van der Waals surface area contributed by atoms with Gasteiger partial charge in [0, 0.05) is 13.1 Å². The summed E-state index contributed by atoms with van der Waals surface area (Å²) in [6.45, 7) is 1.73. The molecule has 0 amide bonds. The van der Waals surface area contributed by atoms with Gasteiger partial charge in [0.15, 0.2) is 9.84 Å². The minimum Gasteiger partial charge on any atom is -0.480 e. The zero-order valence-corrected chi connectivity index (χ0v) is 9.27. The van der Waals surface area contributed by atoms with Crippen molar-refractivity contribution in [2.24, 2.45) is 0 Å². The van der Waals surface area contributed by atoms with E-state index in [-0.39, 0.29) is 24.6 Å². The Bertz CT molecular complexity index is 323. The molecule has 2 atom stereocenters. The van der Waals surface area contributed by atoms with Crippen molar-refractivity contribution in [1.29, 1.82) is 0 Å². The second kappa shape index (κ2) is 4.46. The number of aliphatic hydroxyl groups is 1. The molecule has 2 N–H and O–H groups in total. The first kappa shape index (κ1) is 12.4. The summed E-state index contributed by atoms with van der Waals surface area (Å²) in [5, 5.41) is 18.2. The van der Waals surface area contributed by atoms with Crippen molar-refractivity contribution in [3.63, 3.8) is 0 Å². The second-order valence-electron chi connectivity index (χ2n) is 3.71. The van der Waals surface area contributed by atoms with Crippen LogP contribution in [-0.4, -0.2) is 66.2 Å². The van der Waals surface area contributed by atoms with Crippen LogP contribution in [0, 0.1) is 0 Å². The standard InChI is InChI=1S/C8H15NO5S/c1-6(10)7(8(11)12)9-2-4-15(13,14)5-3-9/h6-7,10H,2-5H2,1H3,(H,11,12). The number of nitrogens with zero attached hydrogens (tertiary/aromatic N) is 1. The Morgan fingerprint density at radius 1 is 1.33 bits per heavy atom.